The fourth-order valence-corrected chi connectivity index (χ4v) is 2.65. The number of thiazole rings is 1. The van der Waals surface area contributed by atoms with Crippen LogP contribution in [-0.2, 0) is 13.0 Å². The molecule has 0 aliphatic heterocycles. The minimum atomic E-state index is -0.115. The van der Waals surface area contributed by atoms with E-state index in [0.717, 1.165) is 28.4 Å². The van der Waals surface area contributed by atoms with E-state index in [0.29, 0.717) is 11.6 Å². The number of halogens is 1. The molecule has 5 heteroatoms. The van der Waals surface area contributed by atoms with E-state index in [1.165, 1.54) is 0 Å². The SMILES string of the molecule is CCc1nc(COc2ccc(Cl)cc2C(C)N)cs1. The number of aromatic nitrogens is 1. The van der Waals surface area contributed by atoms with E-state index >= 15 is 0 Å². The molecule has 0 saturated heterocycles. The lowest BCUT2D eigenvalue weighted by Crippen LogP contribution is -2.08. The van der Waals surface area contributed by atoms with E-state index in [2.05, 4.69) is 11.9 Å². The van der Waals surface area contributed by atoms with Crippen LogP contribution in [0.15, 0.2) is 23.6 Å². The Labute approximate surface area is 122 Å². The lowest BCUT2D eigenvalue weighted by atomic mass is 10.1. The molecule has 2 N–H and O–H groups in total. The van der Waals surface area contributed by atoms with Crippen molar-refractivity contribution in [3.05, 3.63) is 44.9 Å². The van der Waals surface area contributed by atoms with Gasteiger partial charge in [0.15, 0.2) is 0 Å². The summed E-state index contributed by atoms with van der Waals surface area (Å²) in [6.07, 6.45) is 0.955. The van der Waals surface area contributed by atoms with Crippen LogP contribution in [0, 0.1) is 0 Å². The number of benzene rings is 1. The average molecular weight is 297 g/mol. The van der Waals surface area contributed by atoms with Crippen LogP contribution in [-0.4, -0.2) is 4.98 Å². The molecule has 1 aromatic carbocycles. The molecule has 0 saturated carbocycles. The molecule has 0 radical (unpaired) electrons. The van der Waals surface area contributed by atoms with Crippen molar-refractivity contribution >= 4 is 22.9 Å². The van der Waals surface area contributed by atoms with Gasteiger partial charge in [-0.25, -0.2) is 4.98 Å². The Morgan fingerprint density at radius 1 is 1.47 bits per heavy atom. The zero-order valence-corrected chi connectivity index (χ0v) is 12.6. The summed E-state index contributed by atoms with van der Waals surface area (Å²) in [5, 5.41) is 3.82. The predicted octanol–water partition coefficient (Wildman–Crippen LogP) is 3.96. The zero-order valence-electron chi connectivity index (χ0n) is 11.0. The molecule has 0 fully saturated rings. The highest BCUT2D eigenvalue weighted by molar-refractivity contribution is 7.09. The van der Waals surface area contributed by atoms with Crippen molar-refractivity contribution in [2.24, 2.45) is 5.73 Å². The number of nitrogens with zero attached hydrogens (tertiary/aromatic N) is 1. The minimum Gasteiger partial charge on any atom is -0.487 e. The molecule has 19 heavy (non-hydrogen) atoms. The molecule has 0 amide bonds. The maximum Gasteiger partial charge on any atom is 0.131 e. The topological polar surface area (TPSA) is 48.1 Å². The lowest BCUT2D eigenvalue weighted by Gasteiger charge is -2.13. The smallest absolute Gasteiger partial charge is 0.131 e. The molecule has 0 aliphatic carbocycles. The Hall–Kier alpha value is -1.10. The van der Waals surface area contributed by atoms with E-state index in [1.807, 2.05) is 24.4 Å². The molecular weight excluding hydrogens is 280 g/mol. The van der Waals surface area contributed by atoms with Crippen molar-refractivity contribution in [3.8, 4) is 5.75 Å². The summed E-state index contributed by atoms with van der Waals surface area (Å²) in [5.41, 5.74) is 7.79. The van der Waals surface area contributed by atoms with Gasteiger partial charge in [0.05, 0.1) is 10.7 Å². The highest BCUT2D eigenvalue weighted by Crippen LogP contribution is 2.28. The van der Waals surface area contributed by atoms with Gasteiger partial charge in [-0.3, -0.25) is 0 Å². The van der Waals surface area contributed by atoms with Crippen molar-refractivity contribution in [1.29, 1.82) is 0 Å². The second-order valence-corrected chi connectivity index (χ2v) is 5.72. The van der Waals surface area contributed by atoms with Crippen LogP contribution in [0.5, 0.6) is 5.75 Å². The maximum atomic E-state index is 5.98. The Balaban J connectivity index is 2.10. The van der Waals surface area contributed by atoms with Gasteiger partial charge in [-0.15, -0.1) is 11.3 Å². The standard InChI is InChI=1S/C14H17ClN2OS/c1-3-14-17-11(8-19-14)7-18-13-5-4-10(15)6-12(13)9(2)16/h4-6,8-9H,3,7,16H2,1-2H3. The van der Waals surface area contributed by atoms with Gasteiger partial charge in [0, 0.05) is 22.0 Å². The van der Waals surface area contributed by atoms with Gasteiger partial charge in [-0.05, 0) is 31.5 Å². The van der Waals surface area contributed by atoms with Gasteiger partial charge in [-0.1, -0.05) is 18.5 Å². The minimum absolute atomic E-state index is 0.115. The van der Waals surface area contributed by atoms with Crippen molar-refractivity contribution in [3.63, 3.8) is 0 Å². The molecule has 3 nitrogen and oxygen atoms in total. The second-order valence-electron chi connectivity index (χ2n) is 4.35. The van der Waals surface area contributed by atoms with E-state index in [1.54, 1.807) is 17.4 Å². The second kappa shape index (κ2) is 6.37. The maximum absolute atomic E-state index is 5.98. The summed E-state index contributed by atoms with van der Waals surface area (Å²) in [6.45, 7) is 4.46. The molecule has 1 heterocycles. The third kappa shape index (κ3) is 3.69. The first-order valence-corrected chi connectivity index (χ1v) is 7.47. The molecule has 0 spiro atoms. The molecule has 102 valence electrons. The molecule has 0 aliphatic rings. The van der Waals surface area contributed by atoms with Gasteiger partial charge in [0.25, 0.3) is 0 Å². The normalized spacial score (nSPS) is 12.4. The van der Waals surface area contributed by atoms with Crippen molar-refractivity contribution in [1.82, 2.24) is 4.98 Å². The van der Waals surface area contributed by atoms with Gasteiger partial charge in [0.1, 0.15) is 12.4 Å². The first kappa shape index (κ1) is 14.3. The van der Waals surface area contributed by atoms with Gasteiger partial charge in [0.2, 0.25) is 0 Å². The van der Waals surface area contributed by atoms with Crippen molar-refractivity contribution < 1.29 is 4.74 Å². The number of aryl methyl sites for hydroxylation is 1. The largest absolute Gasteiger partial charge is 0.487 e. The summed E-state index contributed by atoms with van der Waals surface area (Å²) in [4.78, 5) is 4.47. The molecule has 1 unspecified atom stereocenters. The number of ether oxygens (including phenoxy) is 1. The van der Waals surface area contributed by atoms with Crippen LogP contribution in [0.4, 0.5) is 0 Å². The van der Waals surface area contributed by atoms with Gasteiger partial charge in [-0.2, -0.15) is 0 Å². The first-order valence-electron chi connectivity index (χ1n) is 6.21. The Bertz CT molecular complexity index is 554. The van der Waals surface area contributed by atoms with Crippen molar-refractivity contribution in [2.45, 2.75) is 32.9 Å². The third-order valence-electron chi connectivity index (χ3n) is 2.74. The van der Waals surface area contributed by atoms with Gasteiger partial charge >= 0.3 is 0 Å². The molecule has 0 bridgehead atoms. The average Bonchev–Trinajstić information content (AvgIpc) is 2.85. The lowest BCUT2D eigenvalue weighted by molar-refractivity contribution is 0.297. The molecule has 1 aromatic heterocycles. The van der Waals surface area contributed by atoms with Crippen LogP contribution in [0.25, 0.3) is 0 Å². The molecule has 2 aromatic rings. The molecular formula is C14H17ClN2OS. The van der Waals surface area contributed by atoms with Crippen LogP contribution in [0.1, 0.15) is 36.2 Å². The first-order chi connectivity index (χ1) is 9.10. The Kier molecular flexibility index (Phi) is 4.80. The molecule has 2 rings (SSSR count). The highest BCUT2D eigenvalue weighted by Gasteiger charge is 2.10. The predicted molar refractivity (Wildman–Crippen MR) is 79.9 cm³/mol. The van der Waals surface area contributed by atoms with E-state index in [-0.39, 0.29) is 6.04 Å². The fourth-order valence-electron chi connectivity index (χ4n) is 1.74. The third-order valence-corrected chi connectivity index (χ3v) is 4.02. The summed E-state index contributed by atoms with van der Waals surface area (Å²) in [6, 6.07) is 5.39. The summed E-state index contributed by atoms with van der Waals surface area (Å²) in [7, 11) is 0. The Morgan fingerprint density at radius 3 is 2.89 bits per heavy atom. The number of rotatable bonds is 5. The van der Waals surface area contributed by atoms with E-state index in [4.69, 9.17) is 22.1 Å². The monoisotopic (exact) mass is 296 g/mol. The van der Waals surface area contributed by atoms with Crippen LogP contribution in [0.2, 0.25) is 5.02 Å². The Morgan fingerprint density at radius 2 is 2.26 bits per heavy atom. The van der Waals surface area contributed by atoms with E-state index < -0.39 is 0 Å². The van der Waals surface area contributed by atoms with E-state index in [9.17, 15) is 0 Å². The summed E-state index contributed by atoms with van der Waals surface area (Å²) < 4.78 is 5.80. The van der Waals surface area contributed by atoms with Gasteiger partial charge < -0.3 is 10.5 Å². The number of hydrogen-bond donors (Lipinski definition) is 1. The van der Waals surface area contributed by atoms with Crippen LogP contribution in [0.3, 0.4) is 0 Å². The molecule has 1 atom stereocenters. The number of nitrogens with two attached hydrogens (primary N) is 1. The summed E-state index contributed by atoms with van der Waals surface area (Å²) in [5.74, 6) is 0.769. The van der Waals surface area contributed by atoms with Crippen LogP contribution < -0.4 is 10.5 Å². The zero-order chi connectivity index (χ0) is 13.8. The summed E-state index contributed by atoms with van der Waals surface area (Å²) >= 11 is 7.64. The quantitative estimate of drug-likeness (QED) is 0.908. The fraction of sp³-hybridized carbons (Fsp3) is 0.357. The van der Waals surface area contributed by atoms with Crippen molar-refractivity contribution in [2.75, 3.05) is 0 Å². The highest BCUT2D eigenvalue weighted by atomic mass is 35.5. The van der Waals surface area contributed by atoms with Crippen LogP contribution >= 0.6 is 22.9 Å². The number of hydrogen-bond acceptors (Lipinski definition) is 4.